The van der Waals surface area contributed by atoms with Crippen LogP contribution in [-0.2, 0) is 10.8 Å². The van der Waals surface area contributed by atoms with Gasteiger partial charge in [-0.25, -0.2) is 0 Å². The smallest absolute Gasteiger partial charge is 0.0974 e. The van der Waals surface area contributed by atoms with Gasteiger partial charge in [0.1, 0.15) is 0 Å². The molecule has 0 amide bonds. The van der Waals surface area contributed by atoms with Crippen molar-refractivity contribution in [2.75, 3.05) is 0 Å². The fourth-order valence-electron chi connectivity index (χ4n) is 1.41. The lowest BCUT2D eigenvalue weighted by Gasteiger charge is -2.05. The summed E-state index contributed by atoms with van der Waals surface area (Å²) in [5.74, 6) is 6.19. The highest BCUT2D eigenvalue weighted by Crippen LogP contribution is 2.12. The minimum absolute atomic E-state index is 0.0884. The van der Waals surface area contributed by atoms with Gasteiger partial charge in [-0.2, -0.15) is 0 Å². The zero-order valence-corrected chi connectivity index (χ0v) is 11.6. The van der Waals surface area contributed by atoms with Crippen LogP contribution < -0.4 is 0 Å². The van der Waals surface area contributed by atoms with E-state index in [0.717, 1.165) is 24.2 Å². The van der Waals surface area contributed by atoms with Gasteiger partial charge in [0.15, 0.2) is 0 Å². The van der Waals surface area contributed by atoms with Crippen molar-refractivity contribution < 1.29 is 4.21 Å². The van der Waals surface area contributed by atoms with Crippen LogP contribution >= 0.6 is 0 Å². The molecule has 0 aromatic heterocycles. The van der Waals surface area contributed by atoms with E-state index in [9.17, 15) is 4.21 Å². The summed E-state index contributed by atoms with van der Waals surface area (Å²) < 4.78 is 12.1. The maximum absolute atomic E-state index is 12.1. The van der Waals surface area contributed by atoms with E-state index in [1.165, 1.54) is 5.56 Å². The zero-order chi connectivity index (χ0) is 12.7. The van der Waals surface area contributed by atoms with Crippen molar-refractivity contribution in [3.63, 3.8) is 0 Å². The van der Waals surface area contributed by atoms with Gasteiger partial charge in [0.2, 0.25) is 0 Å². The van der Waals surface area contributed by atoms with Crippen LogP contribution in [0.1, 0.15) is 38.7 Å². The standard InChI is InChI=1S/C15H20OS/c1-4-5-6-7-8-14(3)17(16)15-11-9-13(2)10-12-15/h9-12,14H,4-6H2,1-3H3. The number of hydrogen-bond donors (Lipinski definition) is 0. The molecule has 2 atom stereocenters. The van der Waals surface area contributed by atoms with E-state index in [-0.39, 0.29) is 5.25 Å². The number of hydrogen-bond acceptors (Lipinski definition) is 1. The Morgan fingerprint density at radius 3 is 2.53 bits per heavy atom. The van der Waals surface area contributed by atoms with Crippen LogP contribution in [0.3, 0.4) is 0 Å². The monoisotopic (exact) mass is 248 g/mol. The minimum atomic E-state index is -1.02. The zero-order valence-electron chi connectivity index (χ0n) is 10.8. The Kier molecular flexibility index (Phi) is 6.00. The lowest BCUT2D eigenvalue weighted by Crippen LogP contribution is -2.08. The SMILES string of the molecule is CCCCC#CC(C)S(=O)c1ccc(C)cc1. The average molecular weight is 248 g/mol. The molecule has 0 bridgehead atoms. The molecule has 0 radical (unpaired) electrons. The normalized spacial score (nSPS) is 13.6. The predicted molar refractivity (Wildman–Crippen MR) is 74.4 cm³/mol. The largest absolute Gasteiger partial charge is 0.253 e. The van der Waals surface area contributed by atoms with Gasteiger partial charge < -0.3 is 0 Å². The molecule has 0 aliphatic heterocycles. The lowest BCUT2D eigenvalue weighted by atomic mass is 10.2. The first-order chi connectivity index (χ1) is 8.15. The predicted octanol–water partition coefficient (Wildman–Crippen LogP) is 3.68. The highest BCUT2D eigenvalue weighted by atomic mass is 32.2. The van der Waals surface area contributed by atoms with Crippen LogP contribution in [0.15, 0.2) is 29.2 Å². The van der Waals surface area contributed by atoms with E-state index >= 15 is 0 Å². The Bertz CT molecular complexity index is 422. The molecule has 1 rings (SSSR count). The summed E-state index contributed by atoms with van der Waals surface area (Å²) in [7, 11) is -1.02. The number of unbranched alkanes of at least 4 members (excludes halogenated alkanes) is 2. The Labute approximate surface area is 107 Å². The molecule has 0 saturated heterocycles. The summed E-state index contributed by atoms with van der Waals surface area (Å²) in [6, 6.07) is 7.83. The Hall–Kier alpha value is -1.07. The molecule has 92 valence electrons. The summed E-state index contributed by atoms with van der Waals surface area (Å²) in [6.45, 7) is 6.10. The molecule has 1 aromatic rings. The van der Waals surface area contributed by atoms with Gasteiger partial charge in [0.25, 0.3) is 0 Å². The number of aryl methyl sites for hydroxylation is 1. The molecule has 0 aliphatic carbocycles. The summed E-state index contributed by atoms with van der Waals surface area (Å²) in [6.07, 6.45) is 3.19. The van der Waals surface area contributed by atoms with E-state index in [1.54, 1.807) is 0 Å². The maximum Gasteiger partial charge on any atom is 0.0974 e. The Balaban J connectivity index is 2.62. The quantitative estimate of drug-likeness (QED) is 0.587. The summed E-state index contributed by atoms with van der Waals surface area (Å²) in [4.78, 5) is 0.868. The van der Waals surface area contributed by atoms with Crippen LogP contribution in [0, 0.1) is 18.8 Å². The second kappa shape index (κ2) is 7.29. The van der Waals surface area contributed by atoms with Gasteiger partial charge in [-0.3, -0.25) is 4.21 Å². The Morgan fingerprint density at radius 2 is 1.94 bits per heavy atom. The van der Waals surface area contributed by atoms with Crippen LogP contribution in [0.25, 0.3) is 0 Å². The highest BCUT2D eigenvalue weighted by Gasteiger charge is 2.09. The van der Waals surface area contributed by atoms with E-state index in [4.69, 9.17) is 0 Å². The Morgan fingerprint density at radius 1 is 1.29 bits per heavy atom. The third-order valence-electron chi connectivity index (χ3n) is 2.54. The first-order valence-electron chi connectivity index (χ1n) is 6.10. The van der Waals surface area contributed by atoms with Crippen molar-refractivity contribution >= 4 is 10.8 Å². The molecule has 0 N–H and O–H groups in total. The molecule has 0 heterocycles. The van der Waals surface area contributed by atoms with Crippen molar-refractivity contribution in [1.82, 2.24) is 0 Å². The molecule has 0 spiro atoms. The van der Waals surface area contributed by atoms with Crippen molar-refractivity contribution in [3.8, 4) is 11.8 Å². The first kappa shape index (κ1) is 14.0. The van der Waals surface area contributed by atoms with Crippen LogP contribution in [0.4, 0.5) is 0 Å². The first-order valence-corrected chi connectivity index (χ1v) is 7.32. The number of rotatable bonds is 4. The summed E-state index contributed by atoms with van der Waals surface area (Å²) in [5, 5.41) is -0.0884. The molecule has 1 nitrogen and oxygen atoms in total. The highest BCUT2D eigenvalue weighted by molar-refractivity contribution is 7.86. The molecular weight excluding hydrogens is 228 g/mol. The second-order valence-electron chi connectivity index (χ2n) is 4.18. The van der Waals surface area contributed by atoms with Crippen LogP contribution in [-0.4, -0.2) is 9.46 Å². The van der Waals surface area contributed by atoms with Gasteiger partial charge in [0, 0.05) is 11.3 Å². The van der Waals surface area contributed by atoms with Crippen molar-refractivity contribution in [3.05, 3.63) is 29.8 Å². The second-order valence-corrected chi connectivity index (χ2v) is 5.95. The third-order valence-corrected chi connectivity index (χ3v) is 4.03. The molecule has 0 saturated carbocycles. The number of benzene rings is 1. The fourth-order valence-corrected chi connectivity index (χ4v) is 2.41. The molecule has 1 aromatic carbocycles. The topological polar surface area (TPSA) is 17.1 Å². The summed E-state index contributed by atoms with van der Waals surface area (Å²) in [5.41, 5.74) is 1.19. The van der Waals surface area contributed by atoms with E-state index in [2.05, 4.69) is 18.8 Å². The summed E-state index contributed by atoms with van der Waals surface area (Å²) >= 11 is 0. The van der Waals surface area contributed by atoms with E-state index < -0.39 is 10.8 Å². The van der Waals surface area contributed by atoms with Crippen molar-refractivity contribution in [2.24, 2.45) is 0 Å². The average Bonchev–Trinajstić information content (AvgIpc) is 2.34. The maximum atomic E-state index is 12.1. The van der Waals surface area contributed by atoms with Gasteiger partial charge >= 0.3 is 0 Å². The van der Waals surface area contributed by atoms with E-state index in [0.29, 0.717) is 0 Å². The molecule has 17 heavy (non-hydrogen) atoms. The van der Waals surface area contributed by atoms with Gasteiger partial charge in [-0.05, 0) is 32.4 Å². The van der Waals surface area contributed by atoms with Crippen LogP contribution in [0.5, 0.6) is 0 Å². The van der Waals surface area contributed by atoms with E-state index in [1.807, 2.05) is 38.1 Å². The molecule has 2 heteroatoms. The minimum Gasteiger partial charge on any atom is -0.253 e. The molecule has 0 aliphatic rings. The lowest BCUT2D eigenvalue weighted by molar-refractivity contribution is 0.680. The molecular formula is C15H20OS. The molecule has 0 fully saturated rings. The van der Waals surface area contributed by atoms with Gasteiger partial charge in [-0.1, -0.05) is 37.0 Å². The van der Waals surface area contributed by atoms with Crippen molar-refractivity contribution in [2.45, 2.75) is 50.2 Å². The third kappa shape index (κ3) is 4.75. The fraction of sp³-hybridized carbons (Fsp3) is 0.467. The van der Waals surface area contributed by atoms with Crippen molar-refractivity contribution in [1.29, 1.82) is 0 Å². The van der Waals surface area contributed by atoms with Gasteiger partial charge in [-0.15, -0.1) is 5.92 Å². The molecule has 2 unspecified atom stereocenters. The van der Waals surface area contributed by atoms with Crippen LogP contribution in [0.2, 0.25) is 0 Å². The van der Waals surface area contributed by atoms with Gasteiger partial charge in [0.05, 0.1) is 16.0 Å².